The van der Waals surface area contributed by atoms with Gasteiger partial charge in [0.2, 0.25) is 5.91 Å². The van der Waals surface area contributed by atoms with Crippen LogP contribution in [-0.4, -0.2) is 35.6 Å². The first kappa shape index (κ1) is 44.6. The molecular weight excluding hydrogens is 586 g/mol. The van der Waals surface area contributed by atoms with E-state index in [1.165, 1.54) is 89.9 Å². The normalized spacial score (nSPS) is 12.4. The predicted molar refractivity (Wildman–Crippen MR) is 199 cm³/mol. The van der Waals surface area contributed by atoms with Crippen LogP contribution in [0.4, 0.5) is 0 Å². The van der Waals surface area contributed by atoms with E-state index in [2.05, 4.69) is 55.6 Å². The van der Waals surface area contributed by atoms with Crippen LogP contribution in [0.5, 0.6) is 0 Å². The number of aliphatic carboxylic acids is 1. The summed E-state index contributed by atoms with van der Waals surface area (Å²) in [6, 6.07) is 0. The minimum Gasteiger partial charge on any atom is -0.480 e. The lowest BCUT2D eigenvalue weighted by Crippen LogP contribution is -2.28. The number of nitrogens with one attached hydrogen (secondary N) is 1. The first-order valence-corrected chi connectivity index (χ1v) is 19.6. The van der Waals surface area contributed by atoms with Gasteiger partial charge in [-0.15, -0.1) is 0 Å². The van der Waals surface area contributed by atoms with Gasteiger partial charge in [-0.2, -0.15) is 0 Å². The Kier molecular flexibility index (Phi) is 34.6. The second kappa shape index (κ2) is 36.5. The van der Waals surface area contributed by atoms with E-state index in [0.29, 0.717) is 12.8 Å². The number of rotatable bonds is 35. The number of hydrogen-bond acceptors (Lipinski definition) is 4. The number of carboxylic acids is 1. The molecule has 0 saturated carbocycles. The van der Waals surface area contributed by atoms with Crippen molar-refractivity contribution in [3.05, 3.63) is 36.5 Å². The summed E-state index contributed by atoms with van der Waals surface area (Å²) < 4.78 is 5.90. The third kappa shape index (κ3) is 36.3. The van der Waals surface area contributed by atoms with Crippen molar-refractivity contribution in [1.82, 2.24) is 5.32 Å². The SMILES string of the molecule is CC/C=C\C/C=C\C/C=C\C(CCCCCCCCC(=O)NCC(=O)O)OC(=O)CCCCCCCCCCCCCCCCCC. The molecular formula is C41H73NO5. The van der Waals surface area contributed by atoms with E-state index in [4.69, 9.17) is 9.84 Å². The Bertz CT molecular complexity index is 819. The Hall–Kier alpha value is -2.37. The van der Waals surface area contributed by atoms with E-state index >= 15 is 0 Å². The molecule has 0 aromatic heterocycles. The third-order valence-corrected chi connectivity index (χ3v) is 8.56. The summed E-state index contributed by atoms with van der Waals surface area (Å²) in [5.74, 6) is -1.30. The Balaban J connectivity index is 4.12. The van der Waals surface area contributed by atoms with Gasteiger partial charge < -0.3 is 15.2 Å². The van der Waals surface area contributed by atoms with Crippen LogP contribution in [0.15, 0.2) is 36.5 Å². The van der Waals surface area contributed by atoms with Crippen LogP contribution < -0.4 is 5.32 Å². The van der Waals surface area contributed by atoms with Gasteiger partial charge in [-0.1, -0.05) is 166 Å². The summed E-state index contributed by atoms with van der Waals surface area (Å²) in [4.78, 5) is 34.8. The van der Waals surface area contributed by atoms with Gasteiger partial charge in [0.05, 0.1) is 0 Å². The molecule has 0 rings (SSSR count). The number of carbonyl (C=O) groups excluding carboxylic acids is 2. The lowest BCUT2D eigenvalue weighted by atomic mass is 10.0. The molecule has 0 aliphatic rings. The Labute approximate surface area is 289 Å². The van der Waals surface area contributed by atoms with Crippen LogP contribution in [0, 0.1) is 0 Å². The van der Waals surface area contributed by atoms with E-state index < -0.39 is 5.97 Å². The number of hydrogen-bond donors (Lipinski definition) is 2. The fraction of sp³-hybridized carbons (Fsp3) is 0.780. The van der Waals surface area contributed by atoms with Crippen LogP contribution in [0.3, 0.4) is 0 Å². The molecule has 0 bridgehead atoms. The summed E-state index contributed by atoms with van der Waals surface area (Å²) in [7, 11) is 0. The number of carbonyl (C=O) groups is 3. The second-order valence-electron chi connectivity index (χ2n) is 13.2. The molecule has 0 radical (unpaired) electrons. The van der Waals surface area contributed by atoms with Crippen molar-refractivity contribution in [2.75, 3.05) is 6.54 Å². The van der Waals surface area contributed by atoms with Gasteiger partial charge in [-0.25, -0.2) is 0 Å². The van der Waals surface area contributed by atoms with Crippen molar-refractivity contribution in [3.8, 4) is 0 Å². The second-order valence-corrected chi connectivity index (χ2v) is 13.2. The zero-order valence-corrected chi connectivity index (χ0v) is 30.6. The van der Waals surface area contributed by atoms with Gasteiger partial charge in [0, 0.05) is 12.8 Å². The number of esters is 1. The lowest BCUT2D eigenvalue weighted by molar-refractivity contribution is -0.147. The van der Waals surface area contributed by atoms with E-state index in [9.17, 15) is 14.4 Å². The van der Waals surface area contributed by atoms with Crippen molar-refractivity contribution in [3.63, 3.8) is 0 Å². The van der Waals surface area contributed by atoms with Crippen molar-refractivity contribution in [1.29, 1.82) is 0 Å². The molecule has 1 unspecified atom stereocenters. The Morgan fingerprint density at radius 2 is 1.02 bits per heavy atom. The zero-order chi connectivity index (χ0) is 34.5. The fourth-order valence-corrected chi connectivity index (χ4v) is 5.68. The van der Waals surface area contributed by atoms with Crippen molar-refractivity contribution in [2.24, 2.45) is 0 Å². The van der Waals surface area contributed by atoms with Crippen LogP contribution >= 0.6 is 0 Å². The van der Waals surface area contributed by atoms with Crippen LogP contribution in [0.1, 0.15) is 194 Å². The maximum absolute atomic E-state index is 12.6. The molecule has 1 amide bonds. The largest absolute Gasteiger partial charge is 0.480 e. The molecule has 0 saturated heterocycles. The molecule has 47 heavy (non-hydrogen) atoms. The highest BCUT2D eigenvalue weighted by molar-refractivity contribution is 5.80. The van der Waals surface area contributed by atoms with Crippen LogP contribution in [0.25, 0.3) is 0 Å². The molecule has 0 aromatic rings. The first-order valence-electron chi connectivity index (χ1n) is 19.6. The Morgan fingerprint density at radius 1 is 0.574 bits per heavy atom. The fourth-order valence-electron chi connectivity index (χ4n) is 5.68. The van der Waals surface area contributed by atoms with Gasteiger partial charge in [0.1, 0.15) is 12.6 Å². The van der Waals surface area contributed by atoms with Crippen LogP contribution in [0.2, 0.25) is 0 Å². The summed E-state index contributed by atoms with van der Waals surface area (Å²) in [5.41, 5.74) is 0. The van der Waals surface area contributed by atoms with Crippen molar-refractivity contribution >= 4 is 17.8 Å². The number of amides is 1. The molecule has 0 heterocycles. The van der Waals surface area contributed by atoms with E-state index in [-0.39, 0.29) is 24.5 Å². The minimum atomic E-state index is -1.02. The number of allylic oxidation sites excluding steroid dienone is 5. The summed E-state index contributed by atoms with van der Waals surface area (Å²) in [5, 5.41) is 11.0. The first-order chi connectivity index (χ1) is 23.0. The van der Waals surface area contributed by atoms with Crippen molar-refractivity contribution < 1.29 is 24.2 Å². The molecule has 0 aliphatic carbocycles. The minimum absolute atomic E-state index is 0.0774. The maximum atomic E-state index is 12.6. The summed E-state index contributed by atoms with van der Waals surface area (Å²) in [6.45, 7) is 4.10. The highest BCUT2D eigenvalue weighted by Crippen LogP contribution is 2.16. The van der Waals surface area contributed by atoms with Gasteiger partial charge in [0.25, 0.3) is 0 Å². The van der Waals surface area contributed by atoms with Gasteiger partial charge in [-0.05, 0) is 51.0 Å². The standard InChI is InChI=1S/C41H73NO5/c1-3-5-7-9-11-13-14-15-16-17-18-19-20-22-28-32-36-41(46)47-38(33-29-25-21-12-10-8-6-4-2)34-30-26-23-24-27-31-35-39(43)42-37-40(44)45/h6,8,12,21,29,33,38H,3-5,7,9-11,13-20,22-28,30-32,34-37H2,1-2H3,(H,42,43)(H,44,45)/b8-6-,21-12-,33-29-. The highest BCUT2D eigenvalue weighted by Gasteiger charge is 2.11. The highest BCUT2D eigenvalue weighted by atomic mass is 16.5. The van der Waals surface area contributed by atoms with Gasteiger partial charge in [-0.3, -0.25) is 14.4 Å². The van der Waals surface area contributed by atoms with Crippen LogP contribution in [-0.2, 0) is 19.1 Å². The van der Waals surface area contributed by atoms with E-state index in [1.54, 1.807) is 0 Å². The van der Waals surface area contributed by atoms with E-state index in [0.717, 1.165) is 77.0 Å². The average molecular weight is 660 g/mol. The molecule has 0 fully saturated rings. The monoisotopic (exact) mass is 660 g/mol. The number of carboxylic acid groups (broad SMARTS) is 1. The maximum Gasteiger partial charge on any atom is 0.322 e. The quantitative estimate of drug-likeness (QED) is 0.0401. The molecule has 6 heteroatoms. The van der Waals surface area contributed by atoms with Gasteiger partial charge >= 0.3 is 11.9 Å². The number of ether oxygens (including phenoxy) is 1. The molecule has 6 nitrogen and oxygen atoms in total. The smallest absolute Gasteiger partial charge is 0.322 e. The number of unbranched alkanes of at least 4 members (excludes halogenated alkanes) is 20. The third-order valence-electron chi connectivity index (χ3n) is 8.56. The lowest BCUT2D eigenvalue weighted by Gasteiger charge is -2.14. The molecule has 0 aliphatic heterocycles. The Morgan fingerprint density at radius 3 is 1.53 bits per heavy atom. The van der Waals surface area contributed by atoms with Crippen molar-refractivity contribution in [2.45, 2.75) is 200 Å². The predicted octanol–water partition coefficient (Wildman–Crippen LogP) is 11.7. The molecule has 2 N–H and O–H groups in total. The summed E-state index contributed by atoms with van der Waals surface area (Å²) >= 11 is 0. The molecule has 0 spiro atoms. The summed E-state index contributed by atoms with van der Waals surface area (Å²) in [6.07, 6.45) is 44.3. The molecule has 0 aromatic carbocycles. The average Bonchev–Trinajstić information content (AvgIpc) is 3.05. The molecule has 1 atom stereocenters. The topological polar surface area (TPSA) is 92.7 Å². The zero-order valence-electron chi connectivity index (χ0n) is 30.6. The van der Waals surface area contributed by atoms with Gasteiger partial charge in [0.15, 0.2) is 0 Å². The van der Waals surface area contributed by atoms with E-state index in [1.807, 2.05) is 0 Å². The molecule has 272 valence electrons.